The van der Waals surface area contributed by atoms with Gasteiger partial charge in [-0.05, 0) is 26.0 Å². The molecule has 0 radical (unpaired) electrons. The van der Waals surface area contributed by atoms with Gasteiger partial charge in [-0.2, -0.15) is 0 Å². The maximum atomic E-state index is 12.7. The molecule has 1 aromatic heterocycles. The number of aryl methyl sites for hydroxylation is 2. The molecule has 0 aliphatic rings. The maximum Gasteiger partial charge on any atom is 0.269 e. The van der Waals surface area contributed by atoms with Crippen molar-refractivity contribution in [1.29, 1.82) is 0 Å². The highest BCUT2D eigenvalue weighted by molar-refractivity contribution is 7.92. The van der Waals surface area contributed by atoms with Gasteiger partial charge in [0.25, 0.3) is 10.0 Å². The van der Waals surface area contributed by atoms with Gasteiger partial charge in [-0.15, -0.1) is 0 Å². The molecule has 0 amide bonds. The van der Waals surface area contributed by atoms with E-state index < -0.39 is 10.0 Å². The Labute approximate surface area is 129 Å². The smallest absolute Gasteiger partial charge is 0.269 e. The van der Waals surface area contributed by atoms with Crippen LogP contribution in [0.1, 0.15) is 11.5 Å². The minimum Gasteiger partial charge on any atom is -0.493 e. The molecule has 2 aromatic rings. The Morgan fingerprint density at radius 2 is 1.77 bits per heavy atom. The molecule has 120 valence electrons. The normalized spacial score (nSPS) is 11.3. The highest BCUT2D eigenvalue weighted by atomic mass is 32.2. The zero-order valence-electron chi connectivity index (χ0n) is 13.1. The average Bonchev–Trinajstić information content (AvgIpc) is 2.85. The van der Waals surface area contributed by atoms with E-state index in [0.29, 0.717) is 22.9 Å². The maximum absolute atomic E-state index is 12.7. The quantitative estimate of drug-likeness (QED) is 0.837. The zero-order valence-corrected chi connectivity index (χ0v) is 13.9. The van der Waals surface area contributed by atoms with Crippen molar-refractivity contribution in [2.75, 3.05) is 25.6 Å². The fraction of sp³-hybridized carbons (Fsp3) is 0.357. The van der Waals surface area contributed by atoms with Crippen LogP contribution in [-0.2, 0) is 10.0 Å². The highest BCUT2D eigenvalue weighted by Gasteiger charge is 2.29. The SMILES string of the molecule is COc1ccc(N(C)S(=O)(=O)c2c(C)noc2C)cc1OC. The lowest BCUT2D eigenvalue weighted by Crippen LogP contribution is -2.27. The van der Waals surface area contributed by atoms with Crippen LogP contribution in [0, 0.1) is 13.8 Å². The van der Waals surface area contributed by atoms with E-state index in [0.717, 1.165) is 4.31 Å². The topological polar surface area (TPSA) is 81.9 Å². The summed E-state index contributed by atoms with van der Waals surface area (Å²) in [4.78, 5) is 0.0739. The Morgan fingerprint density at radius 1 is 1.14 bits per heavy atom. The molecule has 8 heteroatoms. The fourth-order valence-electron chi connectivity index (χ4n) is 2.14. The van der Waals surface area contributed by atoms with Crippen LogP contribution >= 0.6 is 0 Å². The van der Waals surface area contributed by atoms with E-state index in [1.165, 1.54) is 21.3 Å². The van der Waals surface area contributed by atoms with Gasteiger partial charge in [-0.3, -0.25) is 4.31 Å². The minimum absolute atomic E-state index is 0.0739. The van der Waals surface area contributed by atoms with E-state index in [4.69, 9.17) is 14.0 Å². The van der Waals surface area contributed by atoms with Crippen LogP contribution in [0.15, 0.2) is 27.6 Å². The molecule has 0 bridgehead atoms. The Morgan fingerprint density at radius 3 is 2.27 bits per heavy atom. The summed E-state index contributed by atoms with van der Waals surface area (Å²) < 4.78 is 41.9. The number of ether oxygens (including phenoxy) is 2. The van der Waals surface area contributed by atoms with Crippen LogP contribution in [0.25, 0.3) is 0 Å². The number of aromatic nitrogens is 1. The van der Waals surface area contributed by atoms with E-state index >= 15 is 0 Å². The third-order valence-electron chi connectivity index (χ3n) is 3.32. The molecule has 0 atom stereocenters. The number of hydrogen-bond acceptors (Lipinski definition) is 6. The van der Waals surface area contributed by atoms with Crippen molar-refractivity contribution >= 4 is 15.7 Å². The molecular weight excluding hydrogens is 308 g/mol. The van der Waals surface area contributed by atoms with Crippen LogP contribution in [-0.4, -0.2) is 34.8 Å². The summed E-state index contributed by atoms with van der Waals surface area (Å²) >= 11 is 0. The predicted octanol–water partition coefficient (Wildman–Crippen LogP) is 2.13. The predicted molar refractivity (Wildman–Crippen MR) is 81.1 cm³/mol. The van der Waals surface area contributed by atoms with Crippen molar-refractivity contribution in [1.82, 2.24) is 5.16 Å². The summed E-state index contributed by atoms with van der Waals surface area (Å²) in [6.07, 6.45) is 0. The monoisotopic (exact) mass is 326 g/mol. The van der Waals surface area contributed by atoms with Crippen LogP contribution in [0.3, 0.4) is 0 Å². The summed E-state index contributed by atoms with van der Waals surface area (Å²) in [5, 5.41) is 3.69. The van der Waals surface area contributed by atoms with Gasteiger partial charge in [-0.25, -0.2) is 8.42 Å². The lowest BCUT2D eigenvalue weighted by molar-refractivity contribution is 0.355. The standard InChI is InChI=1S/C14H18N2O5S/c1-9-14(10(2)21-15-9)22(17,18)16(3)11-6-7-12(19-4)13(8-11)20-5/h6-8H,1-5H3. The van der Waals surface area contributed by atoms with E-state index in [-0.39, 0.29) is 10.7 Å². The molecule has 0 fully saturated rings. The van der Waals surface area contributed by atoms with Gasteiger partial charge >= 0.3 is 0 Å². The van der Waals surface area contributed by atoms with Gasteiger partial charge in [0.1, 0.15) is 5.69 Å². The average molecular weight is 326 g/mol. The summed E-state index contributed by atoms with van der Waals surface area (Å²) in [5.41, 5.74) is 0.766. The lowest BCUT2D eigenvalue weighted by Gasteiger charge is -2.20. The van der Waals surface area contributed by atoms with Crippen molar-refractivity contribution < 1.29 is 22.4 Å². The number of benzene rings is 1. The van der Waals surface area contributed by atoms with Gasteiger partial charge < -0.3 is 14.0 Å². The van der Waals surface area contributed by atoms with E-state index in [1.807, 2.05) is 0 Å². The molecule has 0 saturated carbocycles. The van der Waals surface area contributed by atoms with Crippen molar-refractivity contribution in [3.05, 3.63) is 29.7 Å². The number of sulfonamides is 1. The first-order valence-electron chi connectivity index (χ1n) is 6.46. The summed E-state index contributed by atoms with van der Waals surface area (Å²) in [5.74, 6) is 1.22. The number of rotatable bonds is 5. The summed E-state index contributed by atoms with van der Waals surface area (Å²) in [6, 6.07) is 4.87. The van der Waals surface area contributed by atoms with Gasteiger partial charge in [0.05, 0.1) is 19.9 Å². The van der Waals surface area contributed by atoms with Gasteiger partial charge in [0.2, 0.25) is 0 Å². The molecule has 0 aliphatic heterocycles. The number of anilines is 1. The first-order chi connectivity index (χ1) is 10.3. The van der Waals surface area contributed by atoms with Gasteiger partial charge in [0.15, 0.2) is 22.2 Å². The Balaban J connectivity index is 2.49. The molecule has 7 nitrogen and oxygen atoms in total. The molecule has 0 unspecified atom stereocenters. The molecular formula is C14H18N2O5S. The first-order valence-corrected chi connectivity index (χ1v) is 7.90. The summed E-state index contributed by atoms with van der Waals surface area (Å²) in [6.45, 7) is 3.15. The second-order valence-electron chi connectivity index (χ2n) is 4.67. The lowest BCUT2D eigenvalue weighted by atomic mass is 10.3. The van der Waals surface area contributed by atoms with Crippen LogP contribution < -0.4 is 13.8 Å². The Bertz CT molecular complexity index is 763. The van der Waals surface area contributed by atoms with Crippen molar-refractivity contribution in [3.63, 3.8) is 0 Å². The van der Waals surface area contributed by atoms with Crippen molar-refractivity contribution in [2.24, 2.45) is 0 Å². The zero-order chi connectivity index (χ0) is 16.5. The summed E-state index contributed by atoms with van der Waals surface area (Å²) in [7, 11) is 0.693. The fourth-order valence-corrected chi connectivity index (χ4v) is 3.62. The van der Waals surface area contributed by atoms with Gasteiger partial charge in [-0.1, -0.05) is 5.16 Å². The Kier molecular flexibility index (Phi) is 4.32. The highest BCUT2D eigenvalue weighted by Crippen LogP contribution is 2.33. The van der Waals surface area contributed by atoms with E-state index in [9.17, 15) is 8.42 Å². The van der Waals surface area contributed by atoms with E-state index in [1.54, 1.807) is 32.0 Å². The Hall–Kier alpha value is -2.22. The molecule has 2 rings (SSSR count). The third kappa shape index (κ3) is 2.61. The van der Waals surface area contributed by atoms with Crippen LogP contribution in [0.5, 0.6) is 11.5 Å². The van der Waals surface area contributed by atoms with Crippen molar-refractivity contribution in [2.45, 2.75) is 18.7 Å². The minimum atomic E-state index is -3.77. The molecule has 0 saturated heterocycles. The molecule has 0 aliphatic carbocycles. The molecule has 22 heavy (non-hydrogen) atoms. The second kappa shape index (κ2) is 5.88. The van der Waals surface area contributed by atoms with Crippen LogP contribution in [0.2, 0.25) is 0 Å². The molecule has 1 aromatic carbocycles. The third-order valence-corrected chi connectivity index (χ3v) is 5.35. The van der Waals surface area contributed by atoms with Crippen LogP contribution in [0.4, 0.5) is 5.69 Å². The molecule has 1 heterocycles. The number of hydrogen-bond donors (Lipinski definition) is 0. The van der Waals surface area contributed by atoms with E-state index in [2.05, 4.69) is 5.16 Å². The second-order valence-corrected chi connectivity index (χ2v) is 6.57. The largest absolute Gasteiger partial charge is 0.493 e. The van der Waals surface area contributed by atoms with Gasteiger partial charge in [0, 0.05) is 13.1 Å². The van der Waals surface area contributed by atoms with Crippen molar-refractivity contribution in [3.8, 4) is 11.5 Å². The molecule has 0 N–H and O–H groups in total. The number of nitrogens with zero attached hydrogens (tertiary/aromatic N) is 2. The molecule has 0 spiro atoms. The number of methoxy groups -OCH3 is 2. The first kappa shape index (κ1) is 16.2.